The number of rotatable bonds is 18. The van der Waals surface area contributed by atoms with E-state index in [4.69, 9.17) is 14.2 Å². The minimum Gasteiger partial charge on any atom is -0.496 e. The number of hydrogen-bond acceptors (Lipinski definition) is 12. The zero-order chi connectivity index (χ0) is 95.0. The lowest BCUT2D eigenvalue weighted by Crippen LogP contribution is -2.31. The summed E-state index contributed by atoms with van der Waals surface area (Å²) >= 11 is 2.40. The molecule has 3 amide bonds. The van der Waals surface area contributed by atoms with E-state index >= 15 is 0 Å². The molecule has 7 heterocycles. The molecule has 9 aromatic rings. The van der Waals surface area contributed by atoms with Gasteiger partial charge in [-0.2, -0.15) is 79.0 Å². The molecule has 131 heavy (non-hydrogen) atoms. The Morgan fingerprint density at radius 2 is 0.802 bits per heavy atom. The molecule has 7 fully saturated rings. The van der Waals surface area contributed by atoms with Crippen LogP contribution in [0.15, 0.2) is 158 Å². The largest absolute Gasteiger partial charge is 0.496 e. The number of halogens is 20. The summed E-state index contributed by atoms with van der Waals surface area (Å²) in [5, 5.41) is -3.66. The fourth-order valence-electron chi connectivity index (χ4n) is 19.3. The molecule has 8 aromatic carbocycles. The predicted octanol–water partition coefficient (Wildman–Crippen LogP) is 29.0. The lowest BCUT2D eigenvalue weighted by Gasteiger charge is -2.29. The maximum absolute atomic E-state index is 14.3. The monoisotopic (exact) mass is 1900 g/mol. The Labute approximate surface area is 753 Å². The van der Waals surface area contributed by atoms with Gasteiger partial charge in [0.2, 0.25) is 0 Å². The predicted molar refractivity (Wildman–Crippen MR) is 456 cm³/mol. The summed E-state index contributed by atoms with van der Waals surface area (Å²) in [6.45, 7) is 9.05. The van der Waals surface area contributed by atoms with Crippen LogP contribution in [0.2, 0.25) is 0 Å². The van der Waals surface area contributed by atoms with Crippen molar-refractivity contribution in [2.75, 3.05) is 21.3 Å². The Morgan fingerprint density at radius 3 is 1.18 bits per heavy atom. The maximum atomic E-state index is 14.3. The summed E-state index contributed by atoms with van der Waals surface area (Å²) in [5.74, 6) is -0.417. The summed E-state index contributed by atoms with van der Waals surface area (Å²) in [5.41, 5.74) is 1.80. The molecule has 1 saturated carbocycles. The fourth-order valence-corrected chi connectivity index (χ4v) is 23.2. The number of amides is 3. The highest BCUT2D eigenvalue weighted by Gasteiger charge is 2.55. The molecule has 16 rings (SSSR count). The molecule has 0 bridgehead atoms. The summed E-state index contributed by atoms with van der Waals surface area (Å²) in [6, 6.07) is 27.5. The Bertz CT molecular complexity index is 5870. The van der Waals surface area contributed by atoms with Gasteiger partial charge >= 0.3 is 37.1 Å². The van der Waals surface area contributed by atoms with Gasteiger partial charge in [-0.3, -0.25) is 24.2 Å². The molecule has 0 spiro atoms. The molecule has 696 valence electrons. The highest BCUT2D eigenvalue weighted by Crippen LogP contribution is 2.61. The van der Waals surface area contributed by atoms with Gasteiger partial charge in [-0.05, 0) is 297 Å². The number of aryl methyl sites for hydroxylation is 2. The number of ketones is 2. The van der Waals surface area contributed by atoms with Crippen LogP contribution < -0.4 is 14.2 Å². The number of aromatic nitrogens is 1. The van der Waals surface area contributed by atoms with E-state index in [-0.39, 0.29) is 82.5 Å². The Hall–Kier alpha value is -10.3. The number of fused-ring (bicyclic) bond motifs is 3. The van der Waals surface area contributed by atoms with Crippen LogP contribution in [0.3, 0.4) is 0 Å². The van der Waals surface area contributed by atoms with Crippen LogP contribution in [-0.4, -0.2) is 86.4 Å². The average Bonchev–Trinajstić information content (AvgIpc) is 1.61. The summed E-state index contributed by atoms with van der Waals surface area (Å²) in [6.07, 6.45) is -21.5. The third kappa shape index (κ3) is 20.5. The molecule has 1 aromatic heterocycles. The van der Waals surface area contributed by atoms with E-state index in [0.717, 1.165) is 156 Å². The standard InChI is InChI=1S/C35H32F7NO3S.C31H26F7NO3S.C30H28F6N2O2S/c1-18(44)19-3-5-20(6-4-19)21-7-12-31(46-2)28(15-21)26-9-8-23(34(37,38)39)17-27(26)29-10-11-30-32(47-33(45)43(29)30)22-13-24(35(40,41)42)16-25(36)14-22;1-16(40)3-4-17-5-10-27(42-2)24(11-17)22-7-6-19(30(33,34)35)15-23(22)25-8-9-26-28(43-29(41)39(25)26)18-12-20(31(36,37)38)14-21(32)13-18;1-15(2)20-14-22(25(40-4)11-16(20)3)19-6-5-18(29(31,32)33)13-21(19)23-7-8-24-27(41-28(39)38(23)24)17-9-10-37-26(12-17)30(34,35)36/h7-9,12-17,19-20,29-30,32H,3-6,10-11H2,1-2H3;5-7,10-15,25-26,28H,3-4,8-9H2,1-2H3;5-6,9-15,23-24,27H,7-8H2,1-4H3/t19?,20?,29-,30-,32+;25-,26-,28+;23-,24-,27+/m000/s1. The van der Waals surface area contributed by atoms with Crippen molar-refractivity contribution in [2.24, 2.45) is 5.92 Å². The van der Waals surface area contributed by atoms with Gasteiger partial charge in [0.25, 0.3) is 15.7 Å². The third-order valence-electron chi connectivity index (χ3n) is 25.5. The number of ether oxygens (including phenoxy) is 3. The van der Waals surface area contributed by atoms with Crippen molar-refractivity contribution in [1.29, 1.82) is 0 Å². The van der Waals surface area contributed by atoms with Crippen LogP contribution in [0.1, 0.15) is 233 Å². The summed E-state index contributed by atoms with van der Waals surface area (Å²) in [7, 11) is 4.38. The van der Waals surface area contributed by atoms with Crippen molar-refractivity contribution in [3.63, 3.8) is 0 Å². The summed E-state index contributed by atoms with van der Waals surface area (Å²) < 4.78 is 292. The van der Waals surface area contributed by atoms with Gasteiger partial charge in [-0.25, -0.2) is 8.78 Å². The van der Waals surface area contributed by atoms with E-state index in [1.165, 1.54) is 62.3 Å². The molecular weight excluding hydrogens is 1810 g/mol. The minimum absolute atomic E-state index is 0.00181. The maximum Gasteiger partial charge on any atom is 0.433 e. The van der Waals surface area contributed by atoms with Crippen molar-refractivity contribution in [2.45, 2.75) is 213 Å². The number of Topliss-reactive ketones (excluding diaryl/α,β-unsaturated/α-hetero) is 2. The van der Waals surface area contributed by atoms with E-state index in [9.17, 15) is 112 Å². The molecule has 6 saturated heterocycles. The summed E-state index contributed by atoms with van der Waals surface area (Å²) in [4.78, 5) is 71.5. The van der Waals surface area contributed by atoms with Gasteiger partial charge in [0.05, 0.1) is 83.0 Å². The number of alkyl halides is 18. The highest BCUT2D eigenvalue weighted by atomic mass is 32.2. The van der Waals surface area contributed by atoms with Crippen molar-refractivity contribution >= 4 is 62.6 Å². The van der Waals surface area contributed by atoms with Crippen molar-refractivity contribution in [3.8, 4) is 50.6 Å². The lowest BCUT2D eigenvalue weighted by molar-refractivity contribution is -0.141. The second-order valence-electron chi connectivity index (χ2n) is 33.9. The van der Waals surface area contributed by atoms with Gasteiger partial charge in [0.15, 0.2) is 0 Å². The van der Waals surface area contributed by atoms with E-state index < -0.39 is 145 Å². The molecule has 9 atom stereocenters. The second-order valence-corrected chi connectivity index (χ2v) is 37.2. The molecule has 7 aliphatic rings. The van der Waals surface area contributed by atoms with E-state index in [0.29, 0.717) is 99.6 Å². The first-order valence-electron chi connectivity index (χ1n) is 42.0. The minimum atomic E-state index is -4.80. The molecule has 1 aliphatic carbocycles. The number of benzene rings is 8. The SMILES string of the molecule is COc1cc(C)c(C(C)C)cc1-c1ccc(C(F)(F)F)cc1[C@@H]1CC[C@H]2[C@@H](c3ccnc(C(F)(F)F)c3)SC(=O)N12.COc1ccc(C2CCC(C(C)=O)CC2)cc1-c1ccc(C(F)(F)F)cc1[C@@H]1CC[C@H]2[C@@H](c3cc(F)cc(C(F)(F)F)c3)SC(=O)N12.COc1ccc(CCC(C)=O)cc1-c1ccc(C(F)(F)F)cc1[C@@H]1CC[C@H]2[C@@H](c3cc(F)cc(C(F)(F)F)c3)SC(=O)N12. The van der Waals surface area contributed by atoms with Gasteiger partial charge in [0, 0.05) is 53.4 Å². The van der Waals surface area contributed by atoms with Crippen LogP contribution in [0.25, 0.3) is 33.4 Å². The second kappa shape index (κ2) is 37.6. The molecule has 35 heteroatoms. The first-order valence-corrected chi connectivity index (χ1v) is 44.6. The zero-order valence-electron chi connectivity index (χ0n) is 71.3. The molecular formula is C96H86F20N4O8S3. The van der Waals surface area contributed by atoms with Crippen molar-refractivity contribution in [3.05, 3.63) is 259 Å². The first kappa shape index (κ1) is 96.8. The molecule has 12 nitrogen and oxygen atoms in total. The van der Waals surface area contributed by atoms with E-state index in [1.807, 2.05) is 45.0 Å². The Kier molecular flexibility index (Phi) is 27.8. The zero-order valence-corrected chi connectivity index (χ0v) is 73.7. The molecule has 6 aliphatic heterocycles. The van der Waals surface area contributed by atoms with E-state index in [1.54, 1.807) is 36.1 Å². The molecule has 0 radical (unpaired) electrons. The smallest absolute Gasteiger partial charge is 0.433 e. The Morgan fingerprint density at radius 1 is 0.405 bits per heavy atom. The van der Waals surface area contributed by atoms with Crippen molar-refractivity contribution < 1.29 is 126 Å². The van der Waals surface area contributed by atoms with Gasteiger partial charge in [0.1, 0.15) is 46.1 Å². The lowest BCUT2D eigenvalue weighted by atomic mass is 9.77. The Balaban J connectivity index is 0.000000159. The average molecular weight is 1900 g/mol. The third-order valence-corrected chi connectivity index (χ3v) is 29.3. The van der Waals surface area contributed by atoms with Crippen LogP contribution in [0.5, 0.6) is 17.2 Å². The number of methoxy groups -OCH3 is 3. The normalized spacial score (nSPS) is 22.2. The van der Waals surface area contributed by atoms with Crippen LogP contribution in [-0.2, 0) is 53.1 Å². The number of thioether (sulfide) groups is 3. The number of carbonyl (C=O) groups is 5. The molecule has 0 N–H and O–H groups in total. The number of carbonyl (C=O) groups excluding carboxylic acids is 5. The van der Waals surface area contributed by atoms with Crippen molar-refractivity contribution in [1.82, 2.24) is 19.7 Å². The van der Waals surface area contributed by atoms with Gasteiger partial charge in [-0.1, -0.05) is 79.5 Å². The molecule has 0 unspecified atom stereocenters. The first-order chi connectivity index (χ1) is 61.5. The van der Waals surface area contributed by atoms with Gasteiger partial charge in [-0.15, -0.1) is 0 Å². The van der Waals surface area contributed by atoms with Crippen LogP contribution in [0, 0.1) is 24.5 Å². The van der Waals surface area contributed by atoms with Gasteiger partial charge < -0.3 is 33.7 Å². The van der Waals surface area contributed by atoms with E-state index in [2.05, 4.69) is 4.98 Å². The number of pyridine rings is 1. The quantitative estimate of drug-likeness (QED) is 0.0757. The van der Waals surface area contributed by atoms with Crippen LogP contribution >= 0.6 is 35.3 Å². The highest BCUT2D eigenvalue weighted by molar-refractivity contribution is 8.14. The topological polar surface area (TPSA) is 136 Å². The number of hydrogen-bond donors (Lipinski definition) is 0. The van der Waals surface area contributed by atoms with Crippen LogP contribution in [0.4, 0.5) is 102 Å². The number of nitrogens with zero attached hydrogens (tertiary/aromatic N) is 4. The fraction of sp³-hybridized carbons (Fsp3) is 0.396.